The Bertz CT molecular complexity index is 280. The van der Waals surface area contributed by atoms with Gasteiger partial charge in [0.25, 0.3) is 0 Å². The van der Waals surface area contributed by atoms with Crippen molar-refractivity contribution in [3.63, 3.8) is 0 Å². The number of unbranched alkanes of at least 4 members (excludes halogenated alkanes) is 5. The fourth-order valence-corrected chi connectivity index (χ4v) is 2.30. The van der Waals surface area contributed by atoms with Crippen molar-refractivity contribution in [1.29, 1.82) is 5.26 Å². The number of nitrogens with one attached hydrogen (secondary N) is 1. The molecule has 0 rings (SSSR count). The maximum atomic E-state index is 11.2. The van der Waals surface area contributed by atoms with Crippen molar-refractivity contribution >= 4 is 10.0 Å². The summed E-state index contributed by atoms with van der Waals surface area (Å²) < 4.78 is 24.7. The summed E-state index contributed by atoms with van der Waals surface area (Å²) in [4.78, 5) is 0. The highest BCUT2D eigenvalue weighted by molar-refractivity contribution is 7.89. The van der Waals surface area contributed by atoms with E-state index in [1.54, 1.807) is 6.07 Å². The van der Waals surface area contributed by atoms with Crippen molar-refractivity contribution in [2.75, 3.05) is 12.3 Å². The van der Waals surface area contributed by atoms with E-state index in [1.807, 2.05) is 0 Å². The Kier molecular flexibility index (Phi) is 8.34. The van der Waals surface area contributed by atoms with Gasteiger partial charge in [-0.3, -0.25) is 0 Å². The lowest BCUT2D eigenvalue weighted by Gasteiger charge is -2.03. The Labute approximate surface area is 92.7 Å². The van der Waals surface area contributed by atoms with E-state index in [9.17, 15) is 8.42 Å². The zero-order chi connectivity index (χ0) is 11.6. The van der Waals surface area contributed by atoms with Gasteiger partial charge in [0.15, 0.2) is 0 Å². The van der Waals surface area contributed by atoms with E-state index >= 15 is 0 Å². The molecular formula is C10H20N2O2S. The van der Waals surface area contributed by atoms with Crippen LogP contribution in [0.1, 0.15) is 45.4 Å². The first-order valence-corrected chi connectivity index (χ1v) is 7.12. The van der Waals surface area contributed by atoms with E-state index in [0.717, 1.165) is 12.8 Å². The smallest absolute Gasteiger partial charge is 0.212 e. The van der Waals surface area contributed by atoms with Gasteiger partial charge in [0.1, 0.15) is 0 Å². The predicted octanol–water partition coefficient (Wildman–Crippen LogP) is 1.79. The molecule has 0 aliphatic heterocycles. The molecule has 0 saturated carbocycles. The molecule has 1 N–H and O–H groups in total. The Morgan fingerprint density at radius 3 is 2.33 bits per heavy atom. The van der Waals surface area contributed by atoms with Crippen molar-refractivity contribution in [1.82, 2.24) is 4.72 Å². The van der Waals surface area contributed by atoms with Crippen LogP contribution >= 0.6 is 0 Å². The Morgan fingerprint density at radius 1 is 1.13 bits per heavy atom. The van der Waals surface area contributed by atoms with Crippen LogP contribution in [0.3, 0.4) is 0 Å². The first kappa shape index (κ1) is 14.4. The van der Waals surface area contributed by atoms with Gasteiger partial charge in [0.2, 0.25) is 10.0 Å². The second-order valence-electron chi connectivity index (χ2n) is 3.57. The van der Waals surface area contributed by atoms with Crippen LogP contribution in [0.4, 0.5) is 0 Å². The average Bonchev–Trinajstić information content (AvgIpc) is 2.20. The third-order valence-corrected chi connectivity index (χ3v) is 3.55. The minimum atomic E-state index is -3.21. The second-order valence-corrected chi connectivity index (χ2v) is 5.49. The van der Waals surface area contributed by atoms with Gasteiger partial charge in [-0.15, -0.1) is 0 Å². The van der Waals surface area contributed by atoms with Crippen LogP contribution < -0.4 is 4.72 Å². The highest BCUT2D eigenvalue weighted by Crippen LogP contribution is 2.05. The molecule has 0 fully saturated rings. The molecule has 0 aromatic rings. The van der Waals surface area contributed by atoms with E-state index in [4.69, 9.17) is 5.26 Å². The summed E-state index contributed by atoms with van der Waals surface area (Å²) in [7, 11) is -3.21. The third-order valence-electron chi connectivity index (χ3n) is 2.14. The number of sulfonamides is 1. The van der Waals surface area contributed by atoms with Gasteiger partial charge in [-0.25, -0.2) is 13.1 Å². The highest BCUT2D eigenvalue weighted by atomic mass is 32.2. The SMILES string of the molecule is CCCCCCCCS(=O)(=O)NCC#N. The van der Waals surface area contributed by atoms with Crippen LogP contribution in [0.5, 0.6) is 0 Å². The minimum Gasteiger partial charge on any atom is -0.212 e. The van der Waals surface area contributed by atoms with Crippen LogP contribution in [-0.4, -0.2) is 20.7 Å². The number of nitrogens with zero attached hydrogens (tertiary/aromatic N) is 1. The number of hydrogen-bond acceptors (Lipinski definition) is 3. The minimum absolute atomic E-state index is 0.127. The molecular weight excluding hydrogens is 212 g/mol. The van der Waals surface area contributed by atoms with Gasteiger partial charge in [0, 0.05) is 0 Å². The predicted molar refractivity (Wildman–Crippen MR) is 60.8 cm³/mol. The quantitative estimate of drug-likeness (QED) is 0.486. The van der Waals surface area contributed by atoms with Gasteiger partial charge >= 0.3 is 0 Å². The maximum absolute atomic E-state index is 11.2. The summed E-state index contributed by atoms with van der Waals surface area (Å²) >= 11 is 0. The van der Waals surface area contributed by atoms with E-state index in [2.05, 4.69) is 11.6 Å². The first-order valence-electron chi connectivity index (χ1n) is 5.46. The van der Waals surface area contributed by atoms with E-state index in [1.165, 1.54) is 19.3 Å². The normalized spacial score (nSPS) is 11.2. The second kappa shape index (κ2) is 8.69. The molecule has 0 bridgehead atoms. The lowest BCUT2D eigenvalue weighted by atomic mass is 10.1. The van der Waals surface area contributed by atoms with Crippen LogP contribution in [0.15, 0.2) is 0 Å². The standard InChI is InChI=1S/C10H20N2O2S/c1-2-3-4-5-6-7-10-15(13,14)12-9-8-11/h12H,2-7,9-10H2,1H3. The van der Waals surface area contributed by atoms with Gasteiger partial charge in [-0.05, 0) is 6.42 Å². The summed E-state index contributed by atoms with van der Waals surface area (Å²) in [6, 6.07) is 1.75. The first-order chi connectivity index (χ1) is 7.12. The molecule has 0 atom stereocenters. The fraction of sp³-hybridized carbons (Fsp3) is 0.900. The average molecular weight is 232 g/mol. The van der Waals surface area contributed by atoms with Gasteiger partial charge in [0.05, 0.1) is 18.4 Å². The summed E-state index contributed by atoms with van der Waals surface area (Å²) in [5.41, 5.74) is 0. The molecule has 0 aliphatic carbocycles. The Balaban J connectivity index is 3.46. The molecule has 0 aromatic heterocycles. The van der Waals surface area contributed by atoms with E-state index in [0.29, 0.717) is 6.42 Å². The van der Waals surface area contributed by atoms with Crippen molar-refractivity contribution < 1.29 is 8.42 Å². The van der Waals surface area contributed by atoms with Crippen LogP contribution in [0.2, 0.25) is 0 Å². The molecule has 0 spiro atoms. The molecule has 88 valence electrons. The molecule has 0 unspecified atom stereocenters. The molecule has 5 heteroatoms. The lowest BCUT2D eigenvalue weighted by molar-refractivity contribution is 0.575. The molecule has 0 heterocycles. The summed E-state index contributed by atoms with van der Waals surface area (Å²) in [6.45, 7) is 2.02. The van der Waals surface area contributed by atoms with Gasteiger partial charge in [-0.2, -0.15) is 5.26 Å². The van der Waals surface area contributed by atoms with Crippen LogP contribution in [-0.2, 0) is 10.0 Å². The topological polar surface area (TPSA) is 70.0 Å². The molecule has 4 nitrogen and oxygen atoms in total. The summed E-state index contributed by atoms with van der Waals surface area (Å²) in [5.74, 6) is 0.140. The zero-order valence-electron chi connectivity index (χ0n) is 9.33. The van der Waals surface area contributed by atoms with Crippen molar-refractivity contribution in [2.24, 2.45) is 0 Å². The molecule has 0 amide bonds. The molecule has 0 aromatic carbocycles. The number of hydrogen-bond donors (Lipinski definition) is 1. The van der Waals surface area contributed by atoms with Gasteiger partial charge < -0.3 is 0 Å². The van der Waals surface area contributed by atoms with Crippen molar-refractivity contribution in [3.8, 4) is 6.07 Å². The largest absolute Gasteiger partial charge is 0.212 e. The monoisotopic (exact) mass is 232 g/mol. The summed E-state index contributed by atoms with van der Waals surface area (Å²) in [5, 5.41) is 8.22. The highest BCUT2D eigenvalue weighted by Gasteiger charge is 2.07. The lowest BCUT2D eigenvalue weighted by Crippen LogP contribution is -2.26. The van der Waals surface area contributed by atoms with E-state index < -0.39 is 10.0 Å². The van der Waals surface area contributed by atoms with Crippen molar-refractivity contribution in [2.45, 2.75) is 45.4 Å². The molecule has 0 radical (unpaired) electrons. The number of nitriles is 1. The van der Waals surface area contributed by atoms with E-state index in [-0.39, 0.29) is 12.3 Å². The Morgan fingerprint density at radius 2 is 1.73 bits per heavy atom. The van der Waals surface area contributed by atoms with Crippen LogP contribution in [0.25, 0.3) is 0 Å². The summed E-state index contributed by atoms with van der Waals surface area (Å²) in [6.07, 6.45) is 6.34. The van der Waals surface area contributed by atoms with Crippen LogP contribution in [0, 0.1) is 11.3 Å². The molecule has 0 aliphatic rings. The zero-order valence-corrected chi connectivity index (χ0v) is 10.1. The third kappa shape index (κ3) is 9.70. The van der Waals surface area contributed by atoms with Crippen molar-refractivity contribution in [3.05, 3.63) is 0 Å². The molecule has 15 heavy (non-hydrogen) atoms. The maximum Gasteiger partial charge on any atom is 0.212 e. The van der Waals surface area contributed by atoms with Gasteiger partial charge in [-0.1, -0.05) is 39.0 Å². The Hall–Kier alpha value is -0.600. The number of rotatable bonds is 9. The fourth-order valence-electron chi connectivity index (χ4n) is 1.29. The molecule has 0 saturated heterocycles.